The molecule has 0 atom stereocenters. The molecule has 0 aliphatic carbocycles. The summed E-state index contributed by atoms with van der Waals surface area (Å²) in [5, 5.41) is 2.87. The first-order valence-corrected chi connectivity index (χ1v) is 8.81. The van der Waals surface area contributed by atoms with Gasteiger partial charge in [0.15, 0.2) is 9.34 Å². The van der Waals surface area contributed by atoms with Crippen molar-refractivity contribution < 1.29 is 13.2 Å². The monoisotopic (exact) mass is 317 g/mol. The van der Waals surface area contributed by atoms with E-state index >= 15 is 0 Å². The number of carbonyl (C=O) groups excluding carboxylic acids is 1. The highest BCUT2D eigenvalue weighted by Gasteiger charge is 2.31. The van der Waals surface area contributed by atoms with Crippen LogP contribution in [0.15, 0.2) is 4.21 Å². The summed E-state index contributed by atoms with van der Waals surface area (Å²) in [6, 6.07) is 0. The fraction of sp³-hybridized carbons (Fsp3) is 0.667. The first kappa shape index (κ1) is 15.4. The van der Waals surface area contributed by atoms with E-state index in [1.807, 2.05) is 0 Å². The van der Waals surface area contributed by atoms with Crippen LogP contribution < -0.4 is 5.32 Å². The second-order valence-electron chi connectivity index (χ2n) is 5.16. The van der Waals surface area contributed by atoms with Crippen LogP contribution in [0.1, 0.15) is 32.4 Å². The van der Waals surface area contributed by atoms with E-state index in [9.17, 15) is 13.2 Å². The molecule has 1 aliphatic rings. The Balaban J connectivity index is 2.25. The Morgan fingerprint density at radius 2 is 2.00 bits per heavy atom. The van der Waals surface area contributed by atoms with Crippen LogP contribution in [0.2, 0.25) is 0 Å². The third-order valence-electron chi connectivity index (χ3n) is 3.35. The molecule has 8 heteroatoms. The molecule has 20 heavy (non-hydrogen) atoms. The van der Waals surface area contributed by atoms with Gasteiger partial charge in [0.05, 0.1) is 5.69 Å². The van der Waals surface area contributed by atoms with E-state index in [1.165, 1.54) is 11.2 Å². The summed E-state index contributed by atoms with van der Waals surface area (Å²) in [4.78, 5) is 15.1. The minimum absolute atomic E-state index is 0.232. The number of aryl methyl sites for hydroxylation is 1. The highest BCUT2D eigenvalue weighted by atomic mass is 32.2. The molecule has 0 unspecified atom stereocenters. The number of anilines is 1. The fourth-order valence-electron chi connectivity index (χ4n) is 2.17. The van der Waals surface area contributed by atoms with Crippen LogP contribution in [0, 0.1) is 12.8 Å². The molecule has 0 saturated carbocycles. The number of nitrogens with one attached hydrogen (secondary N) is 1. The zero-order valence-corrected chi connectivity index (χ0v) is 13.5. The number of nitrogens with zero attached hydrogens (tertiary/aromatic N) is 2. The summed E-state index contributed by atoms with van der Waals surface area (Å²) in [5.74, 6) is 0.313. The molecular weight excluding hydrogens is 298 g/mol. The maximum atomic E-state index is 12.6. The Morgan fingerprint density at radius 1 is 1.40 bits per heavy atom. The lowest BCUT2D eigenvalue weighted by Gasteiger charge is -2.28. The van der Waals surface area contributed by atoms with Crippen molar-refractivity contribution in [2.75, 3.05) is 18.4 Å². The van der Waals surface area contributed by atoms with Crippen molar-refractivity contribution in [2.24, 2.45) is 5.92 Å². The van der Waals surface area contributed by atoms with Gasteiger partial charge in [-0.3, -0.25) is 4.79 Å². The molecule has 1 fully saturated rings. The van der Waals surface area contributed by atoms with Crippen molar-refractivity contribution in [1.82, 2.24) is 9.29 Å². The first-order valence-electron chi connectivity index (χ1n) is 6.56. The number of thiazole rings is 1. The average Bonchev–Trinajstić information content (AvgIpc) is 2.70. The van der Waals surface area contributed by atoms with E-state index in [2.05, 4.69) is 17.2 Å². The SMILES string of the molecule is CC(=O)Nc1nc(C)c(S(=O)(=O)N2CCC(C)CC2)s1. The molecule has 112 valence electrons. The van der Waals surface area contributed by atoms with Crippen LogP contribution >= 0.6 is 11.3 Å². The van der Waals surface area contributed by atoms with Crippen molar-refractivity contribution in [3.63, 3.8) is 0 Å². The summed E-state index contributed by atoms with van der Waals surface area (Å²) < 4.78 is 26.9. The fourth-order valence-corrected chi connectivity index (χ4v) is 5.23. The number of rotatable bonds is 3. The van der Waals surface area contributed by atoms with Gasteiger partial charge in [0.2, 0.25) is 5.91 Å². The topological polar surface area (TPSA) is 79.4 Å². The Hall–Kier alpha value is -0.990. The lowest BCUT2D eigenvalue weighted by Crippen LogP contribution is -2.37. The lowest BCUT2D eigenvalue weighted by molar-refractivity contribution is -0.114. The van der Waals surface area contributed by atoms with Crippen LogP contribution in [0.5, 0.6) is 0 Å². The van der Waals surface area contributed by atoms with Crippen LogP contribution in [0.25, 0.3) is 0 Å². The number of piperidine rings is 1. The molecule has 1 aromatic heterocycles. The Morgan fingerprint density at radius 3 is 2.55 bits per heavy atom. The standard InChI is InChI=1S/C12H19N3O3S2/c1-8-4-6-15(7-5-8)20(17,18)11-9(2)13-12(19-11)14-10(3)16/h8H,4-7H2,1-3H3,(H,13,14,16). The predicted molar refractivity (Wildman–Crippen MR) is 78.3 cm³/mol. The third-order valence-corrected chi connectivity index (χ3v) is 6.91. The number of amides is 1. The molecule has 1 N–H and O–H groups in total. The van der Waals surface area contributed by atoms with Gasteiger partial charge >= 0.3 is 0 Å². The van der Waals surface area contributed by atoms with E-state index in [-0.39, 0.29) is 10.1 Å². The van der Waals surface area contributed by atoms with Gasteiger partial charge < -0.3 is 5.32 Å². The molecule has 1 saturated heterocycles. The van der Waals surface area contributed by atoms with Crippen LogP contribution in [-0.4, -0.2) is 36.7 Å². The van der Waals surface area contributed by atoms with Crippen molar-refractivity contribution in [3.05, 3.63) is 5.69 Å². The van der Waals surface area contributed by atoms with Gasteiger partial charge in [-0.15, -0.1) is 0 Å². The van der Waals surface area contributed by atoms with E-state index in [4.69, 9.17) is 0 Å². The largest absolute Gasteiger partial charge is 0.302 e. The Labute approximate surface area is 123 Å². The zero-order valence-electron chi connectivity index (χ0n) is 11.8. The molecule has 6 nitrogen and oxygen atoms in total. The summed E-state index contributed by atoms with van der Waals surface area (Å²) in [6.07, 6.45) is 1.77. The molecule has 0 bridgehead atoms. The Bertz CT molecular complexity index is 601. The van der Waals surface area contributed by atoms with Gasteiger partial charge in [0, 0.05) is 20.0 Å². The third kappa shape index (κ3) is 3.18. The average molecular weight is 317 g/mol. The number of sulfonamides is 1. The summed E-state index contributed by atoms with van der Waals surface area (Å²) in [5.41, 5.74) is 0.442. The van der Waals surface area contributed by atoms with Gasteiger partial charge in [-0.05, 0) is 25.7 Å². The smallest absolute Gasteiger partial charge is 0.254 e. The van der Waals surface area contributed by atoms with Gasteiger partial charge in [-0.25, -0.2) is 13.4 Å². The highest BCUT2D eigenvalue weighted by molar-refractivity contribution is 7.91. The normalized spacial score (nSPS) is 18.1. The van der Waals surface area contributed by atoms with E-state index in [0.717, 1.165) is 24.2 Å². The number of hydrogen-bond acceptors (Lipinski definition) is 5. The molecule has 1 aliphatic heterocycles. The number of aromatic nitrogens is 1. The second kappa shape index (κ2) is 5.79. The number of hydrogen-bond donors (Lipinski definition) is 1. The maximum absolute atomic E-state index is 12.6. The minimum atomic E-state index is -3.49. The molecule has 0 radical (unpaired) electrons. The lowest BCUT2D eigenvalue weighted by atomic mass is 10.0. The zero-order chi connectivity index (χ0) is 14.9. The first-order chi connectivity index (χ1) is 9.30. The van der Waals surface area contributed by atoms with Crippen LogP contribution in [0.3, 0.4) is 0 Å². The Kier molecular flexibility index (Phi) is 4.46. The second-order valence-corrected chi connectivity index (χ2v) is 8.29. The van der Waals surface area contributed by atoms with Crippen molar-refractivity contribution in [3.8, 4) is 0 Å². The molecule has 1 aromatic rings. The van der Waals surface area contributed by atoms with Gasteiger partial charge in [0.25, 0.3) is 10.0 Å². The van der Waals surface area contributed by atoms with Gasteiger partial charge in [0.1, 0.15) is 0 Å². The molecule has 2 rings (SSSR count). The molecule has 0 aromatic carbocycles. The van der Waals surface area contributed by atoms with Crippen LogP contribution in [0.4, 0.5) is 5.13 Å². The molecule has 1 amide bonds. The van der Waals surface area contributed by atoms with E-state index in [0.29, 0.717) is 29.8 Å². The van der Waals surface area contributed by atoms with E-state index < -0.39 is 10.0 Å². The van der Waals surface area contributed by atoms with E-state index in [1.54, 1.807) is 6.92 Å². The van der Waals surface area contributed by atoms with Crippen molar-refractivity contribution in [1.29, 1.82) is 0 Å². The van der Waals surface area contributed by atoms with Crippen molar-refractivity contribution >= 4 is 32.4 Å². The highest BCUT2D eigenvalue weighted by Crippen LogP contribution is 2.31. The van der Waals surface area contributed by atoms with Crippen molar-refractivity contribution in [2.45, 2.75) is 37.8 Å². The summed E-state index contributed by atoms with van der Waals surface area (Å²) >= 11 is 1.02. The van der Waals surface area contributed by atoms with Gasteiger partial charge in [-0.2, -0.15) is 4.31 Å². The number of carbonyl (C=O) groups is 1. The maximum Gasteiger partial charge on any atom is 0.254 e. The van der Waals surface area contributed by atoms with Crippen LogP contribution in [-0.2, 0) is 14.8 Å². The minimum Gasteiger partial charge on any atom is -0.302 e. The molecular formula is C12H19N3O3S2. The molecule has 0 spiro atoms. The summed E-state index contributed by atoms with van der Waals surface area (Å²) in [6.45, 7) is 6.27. The molecule has 2 heterocycles. The predicted octanol–water partition coefficient (Wildman–Crippen LogP) is 1.83. The summed E-state index contributed by atoms with van der Waals surface area (Å²) in [7, 11) is -3.49. The quantitative estimate of drug-likeness (QED) is 0.922. The van der Waals surface area contributed by atoms with Gasteiger partial charge in [-0.1, -0.05) is 18.3 Å².